The zero-order chi connectivity index (χ0) is 19.5. The van der Waals surface area contributed by atoms with Crippen molar-refractivity contribution in [2.45, 2.75) is 39.2 Å². The normalized spacial score (nSPS) is 16.0. The van der Waals surface area contributed by atoms with Crippen LogP contribution in [0.1, 0.15) is 36.0 Å². The van der Waals surface area contributed by atoms with Gasteiger partial charge in [-0.1, -0.05) is 29.8 Å². The molecule has 28 heavy (non-hydrogen) atoms. The fourth-order valence-corrected chi connectivity index (χ4v) is 3.50. The summed E-state index contributed by atoms with van der Waals surface area (Å²) in [6.07, 6.45) is 3.10. The highest BCUT2D eigenvalue weighted by atomic mass is 16.5. The Balaban J connectivity index is 1.37. The van der Waals surface area contributed by atoms with Crippen LogP contribution in [-0.4, -0.2) is 29.9 Å². The molecule has 0 spiro atoms. The molecule has 1 aliphatic carbocycles. The Morgan fingerprint density at radius 3 is 2.68 bits per heavy atom. The Morgan fingerprint density at radius 2 is 1.93 bits per heavy atom. The smallest absolute Gasteiger partial charge is 0.226 e. The molecule has 0 saturated heterocycles. The summed E-state index contributed by atoms with van der Waals surface area (Å²) >= 11 is 0. The number of aryl methyl sites for hydroxylation is 2. The fraction of sp³-hybridized carbons (Fsp3) is 0.391. The van der Waals surface area contributed by atoms with Crippen LogP contribution in [0.4, 0.5) is 5.69 Å². The molecular formula is C23H26N2O3. The number of carbonyl (C=O) groups excluding carboxylic acids is 2. The van der Waals surface area contributed by atoms with Crippen molar-refractivity contribution in [1.82, 2.24) is 4.90 Å². The average Bonchev–Trinajstić information content (AvgIpc) is 3.54. The van der Waals surface area contributed by atoms with Gasteiger partial charge in [0.2, 0.25) is 11.8 Å². The minimum Gasteiger partial charge on any atom is -0.491 e. The van der Waals surface area contributed by atoms with Gasteiger partial charge in [-0.3, -0.25) is 9.59 Å². The Hall–Kier alpha value is -2.82. The monoisotopic (exact) mass is 378 g/mol. The van der Waals surface area contributed by atoms with Crippen molar-refractivity contribution in [2.75, 3.05) is 18.5 Å². The van der Waals surface area contributed by atoms with Gasteiger partial charge in [0.25, 0.3) is 0 Å². The van der Waals surface area contributed by atoms with E-state index in [1.165, 1.54) is 5.56 Å². The average molecular weight is 378 g/mol. The van der Waals surface area contributed by atoms with E-state index in [9.17, 15) is 9.59 Å². The zero-order valence-corrected chi connectivity index (χ0v) is 16.2. The maximum absolute atomic E-state index is 12.4. The predicted octanol–water partition coefficient (Wildman–Crippen LogP) is 3.70. The lowest BCUT2D eigenvalue weighted by Crippen LogP contribution is -2.33. The van der Waals surface area contributed by atoms with Crippen molar-refractivity contribution < 1.29 is 14.3 Å². The Morgan fingerprint density at radius 1 is 1.14 bits per heavy atom. The molecule has 2 aromatic rings. The molecule has 1 fully saturated rings. The number of anilines is 1. The first kappa shape index (κ1) is 18.5. The van der Waals surface area contributed by atoms with Crippen molar-refractivity contribution in [1.29, 1.82) is 0 Å². The van der Waals surface area contributed by atoms with Gasteiger partial charge < -0.3 is 15.0 Å². The van der Waals surface area contributed by atoms with Crippen LogP contribution in [-0.2, 0) is 22.6 Å². The second kappa shape index (κ2) is 8.05. The highest BCUT2D eigenvalue weighted by molar-refractivity contribution is 5.90. The van der Waals surface area contributed by atoms with Gasteiger partial charge in [0, 0.05) is 30.1 Å². The predicted molar refractivity (Wildman–Crippen MR) is 108 cm³/mol. The number of rotatable bonds is 5. The van der Waals surface area contributed by atoms with Crippen LogP contribution in [0, 0.1) is 12.8 Å². The van der Waals surface area contributed by atoms with Gasteiger partial charge in [-0.25, -0.2) is 0 Å². The van der Waals surface area contributed by atoms with Gasteiger partial charge in [-0.15, -0.1) is 0 Å². The maximum Gasteiger partial charge on any atom is 0.226 e. The first-order valence-electron chi connectivity index (χ1n) is 9.98. The zero-order valence-electron chi connectivity index (χ0n) is 16.2. The van der Waals surface area contributed by atoms with E-state index >= 15 is 0 Å². The highest BCUT2D eigenvalue weighted by Crippen LogP contribution is 2.33. The van der Waals surface area contributed by atoms with E-state index in [2.05, 4.69) is 11.4 Å². The Bertz CT molecular complexity index is 872. The van der Waals surface area contributed by atoms with Crippen LogP contribution < -0.4 is 10.1 Å². The minimum absolute atomic E-state index is 0.000540. The van der Waals surface area contributed by atoms with Crippen molar-refractivity contribution in [3.05, 3.63) is 59.2 Å². The molecule has 0 radical (unpaired) electrons. The van der Waals surface area contributed by atoms with Crippen molar-refractivity contribution in [2.24, 2.45) is 5.92 Å². The molecule has 4 rings (SSSR count). The maximum atomic E-state index is 12.4. The minimum atomic E-state index is 0.000540. The van der Waals surface area contributed by atoms with Gasteiger partial charge in [0.1, 0.15) is 12.4 Å². The molecule has 2 aromatic carbocycles. The molecule has 0 atom stereocenters. The van der Waals surface area contributed by atoms with Gasteiger partial charge in [0.05, 0.1) is 6.54 Å². The number of hydrogen-bond donors (Lipinski definition) is 1. The molecule has 1 N–H and O–H groups in total. The second-order valence-electron chi connectivity index (χ2n) is 7.74. The van der Waals surface area contributed by atoms with Crippen molar-refractivity contribution >= 4 is 17.5 Å². The first-order chi connectivity index (χ1) is 13.6. The van der Waals surface area contributed by atoms with Crippen LogP contribution in [0.5, 0.6) is 5.75 Å². The van der Waals surface area contributed by atoms with Gasteiger partial charge in [-0.05, 0) is 49.9 Å². The van der Waals surface area contributed by atoms with Crippen molar-refractivity contribution in [3.63, 3.8) is 0 Å². The number of nitrogens with one attached hydrogen (secondary N) is 1. The van der Waals surface area contributed by atoms with Gasteiger partial charge >= 0.3 is 0 Å². The van der Waals surface area contributed by atoms with E-state index in [4.69, 9.17) is 4.74 Å². The van der Waals surface area contributed by atoms with Crippen LogP contribution >= 0.6 is 0 Å². The number of ether oxygens (including phenoxy) is 1. The summed E-state index contributed by atoms with van der Waals surface area (Å²) < 4.78 is 5.83. The largest absolute Gasteiger partial charge is 0.491 e. The topological polar surface area (TPSA) is 58.6 Å². The van der Waals surface area contributed by atoms with Gasteiger partial charge in [0.15, 0.2) is 0 Å². The number of amides is 2. The van der Waals surface area contributed by atoms with Gasteiger partial charge in [-0.2, -0.15) is 0 Å². The standard InChI is InChI=1S/C23H26N2O3/c1-16-2-8-20(9-3-16)24-22(26)11-5-17-4-10-21-19(14-17)15-25(12-13-28-21)23(27)18-6-7-18/h2-4,8-10,14,18H,5-7,11-13,15H2,1H3,(H,24,26). The third-order valence-corrected chi connectivity index (χ3v) is 5.32. The molecule has 0 aromatic heterocycles. The number of carbonyl (C=O) groups is 2. The van der Waals surface area contributed by atoms with Crippen molar-refractivity contribution in [3.8, 4) is 5.75 Å². The lowest BCUT2D eigenvalue weighted by atomic mass is 10.0. The third kappa shape index (κ3) is 4.53. The quantitative estimate of drug-likeness (QED) is 0.863. The first-order valence-corrected chi connectivity index (χ1v) is 9.98. The van der Waals surface area contributed by atoms with Crippen LogP contribution in [0.25, 0.3) is 0 Å². The number of benzene rings is 2. The molecule has 5 nitrogen and oxygen atoms in total. The number of fused-ring (bicyclic) bond motifs is 1. The molecule has 2 amide bonds. The highest BCUT2D eigenvalue weighted by Gasteiger charge is 2.34. The van der Waals surface area contributed by atoms with E-state index < -0.39 is 0 Å². The molecule has 0 bridgehead atoms. The van der Waals surface area contributed by atoms with Crippen LogP contribution in [0.3, 0.4) is 0 Å². The molecule has 1 saturated carbocycles. The van der Waals surface area contributed by atoms with Crippen LogP contribution in [0.15, 0.2) is 42.5 Å². The molecule has 0 unspecified atom stereocenters. The molecule has 1 heterocycles. The molecule has 146 valence electrons. The third-order valence-electron chi connectivity index (χ3n) is 5.32. The summed E-state index contributed by atoms with van der Waals surface area (Å²) in [6, 6.07) is 13.8. The summed E-state index contributed by atoms with van der Waals surface area (Å²) in [5.41, 5.74) is 4.10. The molecule has 5 heteroatoms. The summed E-state index contributed by atoms with van der Waals surface area (Å²) in [4.78, 5) is 26.6. The number of nitrogens with zero attached hydrogens (tertiary/aromatic N) is 1. The lowest BCUT2D eigenvalue weighted by molar-refractivity contribution is -0.133. The Kier molecular flexibility index (Phi) is 5.33. The molecule has 1 aliphatic heterocycles. The SMILES string of the molecule is Cc1ccc(NC(=O)CCc2ccc3c(c2)CN(C(=O)C2CC2)CCO3)cc1. The Labute approximate surface area is 165 Å². The molecular weight excluding hydrogens is 352 g/mol. The fourth-order valence-electron chi connectivity index (χ4n) is 3.50. The van der Waals surface area contributed by atoms with E-state index in [0.29, 0.717) is 32.5 Å². The molecule has 2 aliphatic rings. The summed E-state index contributed by atoms with van der Waals surface area (Å²) in [7, 11) is 0. The van der Waals surface area contributed by atoms with E-state index in [-0.39, 0.29) is 17.7 Å². The second-order valence-corrected chi connectivity index (χ2v) is 7.74. The summed E-state index contributed by atoms with van der Waals surface area (Å²) in [5.74, 6) is 1.31. The number of hydrogen-bond acceptors (Lipinski definition) is 3. The summed E-state index contributed by atoms with van der Waals surface area (Å²) in [6.45, 7) is 3.78. The lowest BCUT2D eigenvalue weighted by Gasteiger charge is -2.19. The summed E-state index contributed by atoms with van der Waals surface area (Å²) in [5, 5.41) is 2.94. The van der Waals surface area contributed by atoms with E-state index in [1.807, 2.05) is 48.2 Å². The van der Waals surface area contributed by atoms with Crippen LogP contribution in [0.2, 0.25) is 0 Å². The van der Waals surface area contributed by atoms with E-state index in [0.717, 1.165) is 35.4 Å². The van der Waals surface area contributed by atoms with E-state index in [1.54, 1.807) is 0 Å².